The van der Waals surface area contributed by atoms with Gasteiger partial charge >= 0.3 is 0 Å². The van der Waals surface area contributed by atoms with Crippen LogP contribution in [-0.4, -0.2) is 18.3 Å². The Morgan fingerprint density at radius 3 is 3.00 bits per heavy atom. The van der Waals surface area contributed by atoms with Gasteiger partial charge < -0.3 is 5.32 Å². The molecule has 0 saturated heterocycles. The number of unbranched alkanes of at least 4 members (excludes halogenated alkanes) is 1. The van der Waals surface area contributed by atoms with Crippen LogP contribution >= 0.6 is 23.4 Å². The number of thioether (sulfide) groups is 1. The Morgan fingerprint density at radius 1 is 1.50 bits per heavy atom. The molecule has 0 radical (unpaired) electrons. The van der Waals surface area contributed by atoms with Gasteiger partial charge in [0.05, 0.1) is 0 Å². The van der Waals surface area contributed by atoms with E-state index in [9.17, 15) is 0 Å². The summed E-state index contributed by atoms with van der Waals surface area (Å²) in [4.78, 5) is 1.22. The number of hydrogen-bond acceptors (Lipinski definition) is 2. The third kappa shape index (κ3) is 6.35. The van der Waals surface area contributed by atoms with Gasteiger partial charge in [-0.25, -0.2) is 0 Å². The maximum atomic E-state index is 5.97. The Hall–Kier alpha value is -0.620. The summed E-state index contributed by atoms with van der Waals surface area (Å²) in [5, 5.41) is 4.30. The Balaban J connectivity index is 2.39. The zero-order chi connectivity index (χ0) is 13.2. The van der Waals surface area contributed by atoms with Crippen molar-refractivity contribution in [3.8, 4) is 12.3 Å². The van der Waals surface area contributed by atoms with E-state index in [0.29, 0.717) is 6.04 Å². The Labute approximate surface area is 120 Å². The predicted octanol–water partition coefficient (Wildman–Crippen LogP) is 4.21. The van der Waals surface area contributed by atoms with Crippen molar-refractivity contribution in [1.29, 1.82) is 0 Å². The van der Waals surface area contributed by atoms with Crippen molar-refractivity contribution >= 4 is 23.4 Å². The molecule has 0 aromatic heterocycles. The minimum Gasteiger partial charge on any atom is -0.313 e. The second-order valence-corrected chi connectivity index (χ2v) is 5.65. The van der Waals surface area contributed by atoms with Gasteiger partial charge in [0, 0.05) is 28.1 Å². The number of halogens is 1. The minimum absolute atomic E-state index is 0.521. The van der Waals surface area contributed by atoms with E-state index in [0.717, 1.165) is 36.6 Å². The summed E-state index contributed by atoms with van der Waals surface area (Å²) in [6.45, 7) is 3.13. The summed E-state index contributed by atoms with van der Waals surface area (Å²) in [6, 6.07) is 8.52. The molecule has 1 aromatic rings. The molecule has 0 aliphatic rings. The summed E-state index contributed by atoms with van der Waals surface area (Å²) in [7, 11) is 0. The normalized spacial score (nSPS) is 12.1. The first-order valence-corrected chi connectivity index (χ1v) is 7.67. The summed E-state index contributed by atoms with van der Waals surface area (Å²) in [5.41, 5.74) is 0. The highest BCUT2D eigenvalue weighted by Crippen LogP contribution is 2.23. The summed E-state index contributed by atoms with van der Waals surface area (Å²) < 4.78 is 0. The zero-order valence-electron chi connectivity index (χ0n) is 10.8. The zero-order valence-corrected chi connectivity index (χ0v) is 12.4. The van der Waals surface area contributed by atoms with Crippen LogP contribution in [0.25, 0.3) is 0 Å². The summed E-state index contributed by atoms with van der Waals surface area (Å²) in [6.07, 6.45) is 8.36. The molecule has 0 heterocycles. The molecule has 0 saturated carbocycles. The third-order valence-corrected chi connectivity index (χ3v) is 4.01. The number of hydrogen-bond donors (Lipinski definition) is 1. The molecule has 0 bridgehead atoms. The molecule has 0 amide bonds. The molecule has 18 heavy (non-hydrogen) atoms. The predicted molar refractivity (Wildman–Crippen MR) is 82.3 cm³/mol. The first kappa shape index (κ1) is 15.4. The minimum atomic E-state index is 0.521. The standard InChI is InChI=1S/C15H20ClNS/c1-3-5-6-9-14(17-4-2)12-18-15-10-7-8-13(16)11-15/h1,7-8,10-11,14,17H,4-6,9,12H2,2H3. The fourth-order valence-corrected chi connectivity index (χ4v) is 3.06. The van der Waals surface area contributed by atoms with Gasteiger partial charge in [-0.2, -0.15) is 0 Å². The van der Waals surface area contributed by atoms with Crippen molar-refractivity contribution in [1.82, 2.24) is 5.32 Å². The number of rotatable bonds is 8. The molecular weight excluding hydrogens is 262 g/mol. The number of benzene rings is 1. The average molecular weight is 282 g/mol. The van der Waals surface area contributed by atoms with Crippen LogP contribution in [0, 0.1) is 12.3 Å². The quantitative estimate of drug-likeness (QED) is 0.435. The van der Waals surface area contributed by atoms with E-state index in [1.54, 1.807) is 0 Å². The summed E-state index contributed by atoms with van der Waals surface area (Å²) >= 11 is 7.81. The molecule has 1 rings (SSSR count). The molecule has 3 heteroatoms. The average Bonchev–Trinajstić information content (AvgIpc) is 2.36. The molecule has 1 unspecified atom stereocenters. The Bertz CT molecular complexity index is 386. The van der Waals surface area contributed by atoms with Crippen molar-refractivity contribution in [2.45, 2.75) is 37.1 Å². The van der Waals surface area contributed by atoms with Gasteiger partial charge in [0.15, 0.2) is 0 Å². The highest BCUT2D eigenvalue weighted by molar-refractivity contribution is 7.99. The van der Waals surface area contributed by atoms with Gasteiger partial charge in [-0.15, -0.1) is 24.1 Å². The summed E-state index contributed by atoms with van der Waals surface area (Å²) in [5.74, 6) is 3.75. The van der Waals surface area contributed by atoms with Crippen molar-refractivity contribution in [2.75, 3.05) is 12.3 Å². The van der Waals surface area contributed by atoms with E-state index in [-0.39, 0.29) is 0 Å². The van der Waals surface area contributed by atoms with Crippen LogP contribution in [0.3, 0.4) is 0 Å². The van der Waals surface area contributed by atoms with Crippen LogP contribution in [0.2, 0.25) is 5.02 Å². The SMILES string of the molecule is C#CCCCC(CSc1cccc(Cl)c1)NCC. The molecule has 1 nitrogen and oxygen atoms in total. The molecule has 1 N–H and O–H groups in total. The smallest absolute Gasteiger partial charge is 0.0417 e. The molecule has 0 aliphatic carbocycles. The lowest BCUT2D eigenvalue weighted by molar-refractivity contribution is 0.523. The molecule has 1 atom stereocenters. The van der Waals surface area contributed by atoms with Gasteiger partial charge in [-0.3, -0.25) is 0 Å². The van der Waals surface area contributed by atoms with Crippen LogP contribution in [-0.2, 0) is 0 Å². The van der Waals surface area contributed by atoms with Gasteiger partial charge in [-0.1, -0.05) is 24.6 Å². The highest BCUT2D eigenvalue weighted by Gasteiger charge is 2.07. The molecule has 0 spiro atoms. The Morgan fingerprint density at radius 2 is 2.33 bits per heavy atom. The molecule has 0 aliphatic heterocycles. The molecule has 1 aromatic carbocycles. The largest absolute Gasteiger partial charge is 0.313 e. The third-order valence-electron chi connectivity index (χ3n) is 2.61. The Kier molecular flexibility index (Phi) is 8.00. The van der Waals surface area contributed by atoms with Crippen LogP contribution in [0.1, 0.15) is 26.2 Å². The fraction of sp³-hybridized carbons (Fsp3) is 0.467. The lowest BCUT2D eigenvalue weighted by Gasteiger charge is -2.17. The number of nitrogens with one attached hydrogen (secondary N) is 1. The van der Waals surface area contributed by atoms with E-state index < -0.39 is 0 Å². The monoisotopic (exact) mass is 281 g/mol. The molecular formula is C15H20ClNS. The molecule has 0 fully saturated rings. The second kappa shape index (κ2) is 9.33. The van der Waals surface area contributed by atoms with Gasteiger partial charge in [0.1, 0.15) is 0 Å². The van der Waals surface area contributed by atoms with Crippen LogP contribution in [0.5, 0.6) is 0 Å². The topological polar surface area (TPSA) is 12.0 Å². The molecule has 98 valence electrons. The van der Waals surface area contributed by atoms with Crippen LogP contribution in [0.15, 0.2) is 29.2 Å². The van der Waals surface area contributed by atoms with E-state index >= 15 is 0 Å². The van der Waals surface area contributed by atoms with Crippen LogP contribution in [0.4, 0.5) is 0 Å². The lowest BCUT2D eigenvalue weighted by atomic mass is 10.1. The maximum absolute atomic E-state index is 5.97. The lowest BCUT2D eigenvalue weighted by Crippen LogP contribution is -2.31. The van der Waals surface area contributed by atoms with E-state index in [1.165, 1.54) is 4.90 Å². The first-order valence-electron chi connectivity index (χ1n) is 6.31. The van der Waals surface area contributed by atoms with Crippen molar-refractivity contribution in [3.63, 3.8) is 0 Å². The van der Waals surface area contributed by atoms with Crippen molar-refractivity contribution < 1.29 is 0 Å². The number of terminal acetylenes is 1. The van der Waals surface area contributed by atoms with Crippen molar-refractivity contribution in [3.05, 3.63) is 29.3 Å². The van der Waals surface area contributed by atoms with Crippen molar-refractivity contribution in [2.24, 2.45) is 0 Å². The fourth-order valence-electron chi connectivity index (χ4n) is 1.74. The van der Waals surface area contributed by atoms with Gasteiger partial charge in [0.2, 0.25) is 0 Å². The van der Waals surface area contributed by atoms with Gasteiger partial charge in [-0.05, 0) is 37.6 Å². The van der Waals surface area contributed by atoms with E-state index in [4.69, 9.17) is 18.0 Å². The first-order chi connectivity index (χ1) is 8.76. The second-order valence-electron chi connectivity index (χ2n) is 4.12. The van der Waals surface area contributed by atoms with E-state index in [2.05, 4.69) is 24.2 Å². The van der Waals surface area contributed by atoms with E-state index in [1.807, 2.05) is 30.0 Å². The van der Waals surface area contributed by atoms with Crippen LogP contribution < -0.4 is 5.32 Å². The highest BCUT2D eigenvalue weighted by atomic mass is 35.5. The maximum Gasteiger partial charge on any atom is 0.0417 e. The van der Waals surface area contributed by atoms with Gasteiger partial charge in [0.25, 0.3) is 0 Å².